The van der Waals surface area contributed by atoms with Gasteiger partial charge in [0, 0.05) is 26.2 Å². The van der Waals surface area contributed by atoms with Gasteiger partial charge in [0.1, 0.15) is 5.75 Å². The highest BCUT2D eigenvalue weighted by Gasteiger charge is 2.33. The van der Waals surface area contributed by atoms with Crippen molar-refractivity contribution < 1.29 is 36.0 Å². The van der Waals surface area contributed by atoms with E-state index in [4.69, 9.17) is 4.84 Å². The lowest BCUT2D eigenvalue weighted by molar-refractivity contribution is -0.274. The maximum Gasteiger partial charge on any atom is 0.573 e. The van der Waals surface area contributed by atoms with Crippen molar-refractivity contribution in [2.45, 2.75) is 49.5 Å². The highest BCUT2D eigenvalue weighted by molar-refractivity contribution is 7.89. The highest BCUT2D eigenvalue weighted by atomic mass is 32.2. The first-order chi connectivity index (χ1) is 14.1. The van der Waals surface area contributed by atoms with Crippen molar-refractivity contribution in [3.05, 3.63) is 24.3 Å². The van der Waals surface area contributed by atoms with Crippen LogP contribution in [0.5, 0.6) is 5.75 Å². The number of nitrogens with one attached hydrogen (secondary N) is 1. The van der Waals surface area contributed by atoms with E-state index in [2.05, 4.69) is 10.2 Å². The van der Waals surface area contributed by atoms with Crippen LogP contribution in [0, 0.1) is 0 Å². The van der Waals surface area contributed by atoms with Crippen molar-refractivity contribution in [2.75, 3.05) is 26.2 Å². The molecule has 2 heterocycles. The van der Waals surface area contributed by atoms with Gasteiger partial charge in [-0.05, 0) is 56.4 Å². The number of amides is 2. The molecule has 0 radical (unpaired) electrons. The van der Waals surface area contributed by atoms with Crippen LogP contribution in [0.2, 0.25) is 0 Å². The zero-order valence-electron chi connectivity index (χ0n) is 16.2. The normalized spacial score (nSPS) is 19.5. The van der Waals surface area contributed by atoms with E-state index >= 15 is 0 Å². The number of likely N-dealkylation sites (tertiary alicyclic amines) is 1. The minimum absolute atomic E-state index is 0.116. The number of halogens is 3. The van der Waals surface area contributed by atoms with Crippen molar-refractivity contribution in [3.8, 4) is 5.75 Å². The minimum Gasteiger partial charge on any atom is -0.406 e. The summed E-state index contributed by atoms with van der Waals surface area (Å²) < 4.78 is 67.1. The van der Waals surface area contributed by atoms with Gasteiger partial charge in [-0.15, -0.1) is 13.2 Å². The molecule has 0 aliphatic carbocycles. The van der Waals surface area contributed by atoms with Crippen molar-refractivity contribution >= 4 is 16.1 Å². The highest BCUT2D eigenvalue weighted by Crippen LogP contribution is 2.26. The van der Waals surface area contributed by atoms with Gasteiger partial charge in [0.2, 0.25) is 10.0 Å². The lowest BCUT2D eigenvalue weighted by atomic mass is 10.1. The standard InChI is InChI=1S/C18H24F3N3O5S/c19-18(20,21)28-14-4-6-16(7-5-14)30(26,27)24-12-8-15(9-13-24)29-22-17(25)23-10-2-1-3-11-23/h4-7,15H,1-3,8-13H2,(H,22,25). The van der Waals surface area contributed by atoms with Gasteiger partial charge in [-0.1, -0.05) is 0 Å². The minimum atomic E-state index is -4.84. The van der Waals surface area contributed by atoms with Crippen LogP contribution in [0.1, 0.15) is 32.1 Å². The van der Waals surface area contributed by atoms with Gasteiger partial charge >= 0.3 is 12.4 Å². The SMILES string of the molecule is O=C(NOC1CCN(S(=O)(=O)c2ccc(OC(F)(F)F)cc2)CC1)N1CCCCC1. The van der Waals surface area contributed by atoms with Gasteiger partial charge in [-0.2, -0.15) is 4.31 Å². The third-order valence-corrected chi connectivity index (χ3v) is 6.97. The Kier molecular flexibility index (Phi) is 7.09. The molecular formula is C18H24F3N3O5S. The molecule has 3 rings (SSSR count). The summed E-state index contributed by atoms with van der Waals surface area (Å²) in [6.07, 6.45) is -1.35. The van der Waals surface area contributed by atoms with Gasteiger partial charge in [0.05, 0.1) is 11.0 Å². The molecule has 8 nitrogen and oxygen atoms in total. The second kappa shape index (κ2) is 9.40. The first-order valence-corrected chi connectivity index (χ1v) is 11.2. The Morgan fingerprint density at radius 1 is 1.00 bits per heavy atom. The molecule has 1 N–H and O–H groups in total. The number of ether oxygens (including phenoxy) is 1. The van der Waals surface area contributed by atoms with Crippen LogP contribution in [0.3, 0.4) is 0 Å². The van der Waals surface area contributed by atoms with E-state index in [1.165, 1.54) is 4.31 Å². The van der Waals surface area contributed by atoms with Crippen molar-refractivity contribution in [1.29, 1.82) is 0 Å². The smallest absolute Gasteiger partial charge is 0.406 e. The molecule has 2 saturated heterocycles. The maximum absolute atomic E-state index is 12.7. The number of alkyl halides is 3. The third-order valence-electron chi connectivity index (χ3n) is 5.05. The van der Waals surface area contributed by atoms with E-state index in [1.807, 2.05) is 0 Å². The molecule has 0 saturated carbocycles. The van der Waals surface area contributed by atoms with Crippen LogP contribution in [0.25, 0.3) is 0 Å². The summed E-state index contributed by atoms with van der Waals surface area (Å²) in [5.41, 5.74) is 2.45. The fraction of sp³-hybridized carbons (Fsp3) is 0.611. The lowest BCUT2D eigenvalue weighted by Gasteiger charge is -2.32. The topological polar surface area (TPSA) is 88.2 Å². The number of urea groups is 1. The van der Waals surface area contributed by atoms with E-state index in [1.54, 1.807) is 4.90 Å². The number of hydroxylamine groups is 1. The number of benzene rings is 1. The molecule has 0 spiro atoms. The Balaban J connectivity index is 1.49. The third kappa shape index (κ3) is 5.99. The van der Waals surface area contributed by atoms with Gasteiger partial charge in [-0.3, -0.25) is 4.84 Å². The Labute approximate surface area is 172 Å². The van der Waals surface area contributed by atoms with Crippen LogP contribution >= 0.6 is 0 Å². The fourth-order valence-corrected chi connectivity index (χ4v) is 4.92. The molecule has 0 unspecified atom stereocenters. The number of carbonyl (C=O) groups is 1. The summed E-state index contributed by atoms with van der Waals surface area (Å²) in [5, 5.41) is 0. The molecule has 0 atom stereocenters. The summed E-state index contributed by atoms with van der Waals surface area (Å²) in [7, 11) is -3.85. The van der Waals surface area contributed by atoms with Crippen LogP contribution in [0.15, 0.2) is 29.2 Å². The van der Waals surface area contributed by atoms with Crippen molar-refractivity contribution in [1.82, 2.24) is 14.7 Å². The average molecular weight is 451 g/mol. The van der Waals surface area contributed by atoms with Crippen molar-refractivity contribution in [2.24, 2.45) is 0 Å². The number of sulfonamides is 1. The second-order valence-corrected chi connectivity index (χ2v) is 9.13. The van der Waals surface area contributed by atoms with Crippen LogP contribution in [-0.4, -0.2) is 62.3 Å². The molecule has 0 bridgehead atoms. The zero-order chi connectivity index (χ0) is 21.8. The molecule has 12 heteroatoms. The molecule has 30 heavy (non-hydrogen) atoms. The van der Waals surface area contributed by atoms with Crippen LogP contribution in [-0.2, 0) is 14.9 Å². The van der Waals surface area contributed by atoms with Gasteiger partial charge in [-0.25, -0.2) is 18.7 Å². The van der Waals surface area contributed by atoms with Crippen molar-refractivity contribution in [3.63, 3.8) is 0 Å². The van der Waals surface area contributed by atoms with E-state index < -0.39 is 22.1 Å². The molecular weight excluding hydrogens is 427 g/mol. The van der Waals surface area contributed by atoms with Gasteiger partial charge in [0.25, 0.3) is 0 Å². The van der Waals surface area contributed by atoms with Crippen LogP contribution < -0.4 is 10.2 Å². The number of rotatable bonds is 5. The van der Waals surface area contributed by atoms with E-state index in [0.29, 0.717) is 25.9 Å². The summed E-state index contributed by atoms with van der Waals surface area (Å²) in [6.45, 7) is 1.73. The number of piperidine rings is 2. The quantitative estimate of drug-likeness (QED) is 0.696. The number of hydrogen-bond acceptors (Lipinski definition) is 5. The number of hydrogen-bond donors (Lipinski definition) is 1. The Morgan fingerprint density at radius 2 is 1.60 bits per heavy atom. The molecule has 2 aliphatic rings. The van der Waals surface area contributed by atoms with E-state index in [-0.39, 0.29) is 30.1 Å². The first-order valence-electron chi connectivity index (χ1n) is 9.72. The molecule has 2 aliphatic heterocycles. The predicted molar refractivity (Wildman–Crippen MR) is 99.9 cm³/mol. The molecule has 2 fully saturated rings. The monoisotopic (exact) mass is 451 g/mol. The lowest BCUT2D eigenvalue weighted by Crippen LogP contribution is -2.46. The molecule has 0 aromatic heterocycles. The largest absolute Gasteiger partial charge is 0.573 e. The zero-order valence-corrected chi connectivity index (χ0v) is 17.0. The molecule has 168 valence electrons. The summed E-state index contributed by atoms with van der Waals surface area (Å²) >= 11 is 0. The van der Waals surface area contributed by atoms with Gasteiger partial charge < -0.3 is 9.64 Å². The summed E-state index contributed by atoms with van der Waals surface area (Å²) in [5.74, 6) is -0.488. The Bertz CT molecular complexity index is 818. The van der Waals surface area contributed by atoms with E-state index in [0.717, 1.165) is 43.5 Å². The first kappa shape index (κ1) is 22.6. The predicted octanol–water partition coefficient (Wildman–Crippen LogP) is 2.87. The maximum atomic E-state index is 12.7. The van der Waals surface area contributed by atoms with Crippen LogP contribution in [0.4, 0.5) is 18.0 Å². The summed E-state index contributed by atoms with van der Waals surface area (Å²) in [6, 6.07) is 3.81. The number of carbonyl (C=O) groups excluding carboxylic acids is 1. The number of nitrogens with zero attached hydrogens (tertiary/aromatic N) is 2. The molecule has 1 aromatic carbocycles. The fourth-order valence-electron chi connectivity index (χ4n) is 3.45. The van der Waals surface area contributed by atoms with E-state index in [9.17, 15) is 26.4 Å². The molecule has 2 amide bonds. The van der Waals surface area contributed by atoms with Gasteiger partial charge in [0.15, 0.2) is 0 Å². The summed E-state index contributed by atoms with van der Waals surface area (Å²) in [4.78, 5) is 19.1. The average Bonchev–Trinajstić information content (AvgIpc) is 2.72. The Morgan fingerprint density at radius 3 is 2.17 bits per heavy atom. The molecule has 1 aromatic rings. The second-order valence-electron chi connectivity index (χ2n) is 7.20. The Hall–Kier alpha value is -2.05.